The van der Waals surface area contributed by atoms with Gasteiger partial charge in [0.2, 0.25) is 0 Å². The Hall–Kier alpha value is -1.30. The van der Waals surface area contributed by atoms with E-state index in [9.17, 15) is 0 Å². The molecule has 0 aromatic heterocycles. The van der Waals surface area contributed by atoms with Crippen LogP contribution in [0, 0.1) is 17.8 Å². The van der Waals surface area contributed by atoms with Crippen molar-refractivity contribution in [2.75, 3.05) is 26.2 Å². The van der Waals surface area contributed by atoms with Crippen LogP contribution in [0.2, 0.25) is 0 Å². The molecule has 2 nitrogen and oxygen atoms in total. The topological polar surface area (TPSA) is 15.3 Å². The van der Waals surface area contributed by atoms with Crippen molar-refractivity contribution in [3.8, 4) is 11.8 Å². The summed E-state index contributed by atoms with van der Waals surface area (Å²) < 4.78 is 0. The molecule has 1 N–H and O–H groups in total. The van der Waals surface area contributed by atoms with E-state index in [4.69, 9.17) is 0 Å². The lowest BCUT2D eigenvalue weighted by molar-refractivity contribution is 0.190. The van der Waals surface area contributed by atoms with E-state index in [2.05, 4.69) is 34.2 Å². The maximum atomic E-state index is 3.67. The van der Waals surface area contributed by atoms with Crippen LogP contribution in [-0.2, 0) is 0 Å². The molecular formula is C18H24N2. The third-order valence-corrected chi connectivity index (χ3v) is 4.18. The summed E-state index contributed by atoms with van der Waals surface area (Å²) in [6.07, 6.45) is 5.48. The highest BCUT2D eigenvalue weighted by molar-refractivity contribution is 5.33. The summed E-state index contributed by atoms with van der Waals surface area (Å²) in [6.45, 7) is 4.54. The van der Waals surface area contributed by atoms with Crippen molar-refractivity contribution in [1.82, 2.24) is 10.2 Å². The first-order valence-electron chi connectivity index (χ1n) is 7.90. The van der Waals surface area contributed by atoms with Gasteiger partial charge in [0.05, 0.1) is 6.54 Å². The van der Waals surface area contributed by atoms with Crippen LogP contribution in [0.15, 0.2) is 30.3 Å². The van der Waals surface area contributed by atoms with Crippen molar-refractivity contribution >= 4 is 0 Å². The lowest BCUT2D eigenvalue weighted by Gasteiger charge is -2.31. The number of benzene rings is 1. The predicted octanol–water partition coefficient (Wildman–Crippen LogP) is 2.50. The fraction of sp³-hybridized carbons (Fsp3) is 0.556. The van der Waals surface area contributed by atoms with Gasteiger partial charge >= 0.3 is 0 Å². The molecule has 0 bridgehead atoms. The Labute approximate surface area is 122 Å². The van der Waals surface area contributed by atoms with Gasteiger partial charge < -0.3 is 5.32 Å². The normalized spacial score (nSPS) is 23.1. The van der Waals surface area contributed by atoms with Gasteiger partial charge in [-0.05, 0) is 56.8 Å². The largest absolute Gasteiger partial charge is 0.314 e. The molecule has 1 unspecified atom stereocenters. The van der Waals surface area contributed by atoms with Crippen molar-refractivity contribution in [2.45, 2.75) is 31.7 Å². The van der Waals surface area contributed by atoms with Crippen LogP contribution in [0.3, 0.4) is 0 Å². The summed E-state index contributed by atoms with van der Waals surface area (Å²) in [5.74, 6) is 7.41. The van der Waals surface area contributed by atoms with E-state index in [1.807, 2.05) is 18.2 Å². The van der Waals surface area contributed by atoms with Gasteiger partial charge in [0.25, 0.3) is 0 Å². The van der Waals surface area contributed by atoms with Crippen LogP contribution in [0.5, 0.6) is 0 Å². The lowest BCUT2D eigenvalue weighted by Crippen LogP contribution is -2.40. The Kier molecular flexibility index (Phi) is 4.73. The number of hydrogen-bond donors (Lipinski definition) is 1. The molecule has 1 saturated heterocycles. The van der Waals surface area contributed by atoms with Gasteiger partial charge in [0.15, 0.2) is 0 Å². The number of rotatable bonds is 4. The summed E-state index contributed by atoms with van der Waals surface area (Å²) >= 11 is 0. The van der Waals surface area contributed by atoms with Crippen LogP contribution in [0.25, 0.3) is 0 Å². The van der Waals surface area contributed by atoms with E-state index in [0.717, 1.165) is 24.1 Å². The van der Waals surface area contributed by atoms with Crippen molar-refractivity contribution < 1.29 is 0 Å². The van der Waals surface area contributed by atoms with Gasteiger partial charge in [-0.1, -0.05) is 30.0 Å². The van der Waals surface area contributed by atoms with Crippen LogP contribution in [-0.4, -0.2) is 37.1 Å². The minimum Gasteiger partial charge on any atom is -0.314 e. The van der Waals surface area contributed by atoms with Crippen LogP contribution in [0.4, 0.5) is 0 Å². The molecule has 1 aliphatic carbocycles. The number of nitrogens with one attached hydrogen (secondary N) is 1. The van der Waals surface area contributed by atoms with Gasteiger partial charge in [-0.15, -0.1) is 0 Å². The third-order valence-electron chi connectivity index (χ3n) is 4.18. The SMILES string of the molecule is C(#Cc1ccccc1)CN1CCCC(CNC2CC2)C1. The monoisotopic (exact) mass is 268 g/mol. The van der Waals surface area contributed by atoms with Gasteiger partial charge in [-0.2, -0.15) is 0 Å². The van der Waals surface area contributed by atoms with E-state index in [0.29, 0.717) is 0 Å². The molecule has 106 valence electrons. The molecule has 1 aliphatic heterocycles. The van der Waals surface area contributed by atoms with Gasteiger partial charge in [-0.25, -0.2) is 0 Å². The second-order valence-corrected chi connectivity index (χ2v) is 6.09. The highest BCUT2D eigenvalue weighted by atomic mass is 15.1. The fourth-order valence-corrected chi connectivity index (χ4v) is 2.86. The number of likely N-dealkylation sites (tertiary alicyclic amines) is 1. The molecule has 1 atom stereocenters. The molecule has 1 heterocycles. The van der Waals surface area contributed by atoms with Gasteiger partial charge in [0.1, 0.15) is 0 Å². The predicted molar refractivity (Wildman–Crippen MR) is 83.5 cm³/mol. The molecule has 1 aromatic rings. The zero-order valence-electron chi connectivity index (χ0n) is 12.1. The Morgan fingerprint density at radius 2 is 2.00 bits per heavy atom. The third kappa shape index (κ3) is 4.37. The van der Waals surface area contributed by atoms with Crippen LogP contribution < -0.4 is 5.32 Å². The summed E-state index contributed by atoms with van der Waals surface area (Å²) in [5.41, 5.74) is 1.12. The molecule has 0 spiro atoms. The summed E-state index contributed by atoms with van der Waals surface area (Å²) in [7, 11) is 0. The zero-order chi connectivity index (χ0) is 13.6. The molecule has 2 aliphatic rings. The van der Waals surface area contributed by atoms with Crippen molar-refractivity contribution in [3.63, 3.8) is 0 Å². The van der Waals surface area contributed by atoms with Gasteiger partial charge in [-0.3, -0.25) is 4.90 Å². The number of nitrogens with zero attached hydrogens (tertiary/aromatic N) is 1. The molecular weight excluding hydrogens is 244 g/mol. The maximum Gasteiger partial charge on any atom is 0.0605 e. The Morgan fingerprint density at radius 3 is 2.80 bits per heavy atom. The summed E-state index contributed by atoms with van der Waals surface area (Å²) in [5, 5.41) is 3.67. The maximum absolute atomic E-state index is 3.67. The van der Waals surface area contributed by atoms with E-state index >= 15 is 0 Å². The molecule has 2 fully saturated rings. The second kappa shape index (κ2) is 6.92. The van der Waals surface area contributed by atoms with Crippen LogP contribution >= 0.6 is 0 Å². The van der Waals surface area contributed by atoms with Crippen LogP contribution in [0.1, 0.15) is 31.2 Å². The highest BCUT2D eigenvalue weighted by Gasteiger charge is 2.24. The van der Waals surface area contributed by atoms with E-state index in [1.54, 1.807) is 0 Å². The molecule has 2 heteroatoms. The molecule has 0 amide bonds. The quantitative estimate of drug-likeness (QED) is 0.844. The van der Waals surface area contributed by atoms with E-state index < -0.39 is 0 Å². The number of piperidine rings is 1. The first kappa shape index (κ1) is 13.7. The number of hydrogen-bond acceptors (Lipinski definition) is 2. The average Bonchev–Trinajstić information content (AvgIpc) is 3.31. The minimum absolute atomic E-state index is 0.822. The molecule has 1 saturated carbocycles. The first-order chi connectivity index (χ1) is 9.90. The first-order valence-corrected chi connectivity index (χ1v) is 7.90. The summed E-state index contributed by atoms with van der Waals surface area (Å²) in [4.78, 5) is 2.51. The second-order valence-electron chi connectivity index (χ2n) is 6.09. The van der Waals surface area contributed by atoms with Crippen molar-refractivity contribution in [1.29, 1.82) is 0 Å². The Morgan fingerprint density at radius 1 is 1.15 bits per heavy atom. The Balaban J connectivity index is 1.43. The smallest absolute Gasteiger partial charge is 0.0605 e. The van der Waals surface area contributed by atoms with Gasteiger partial charge in [0, 0.05) is 18.2 Å². The molecule has 0 radical (unpaired) electrons. The minimum atomic E-state index is 0.822. The van der Waals surface area contributed by atoms with E-state index in [1.165, 1.54) is 45.3 Å². The van der Waals surface area contributed by atoms with Crippen molar-refractivity contribution in [2.24, 2.45) is 5.92 Å². The Bertz CT molecular complexity index is 467. The van der Waals surface area contributed by atoms with E-state index in [-0.39, 0.29) is 0 Å². The fourth-order valence-electron chi connectivity index (χ4n) is 2.86. The zero-order valence-corrected chi connectivity index (χ0v) is 12.1. The molecule has 3 rings (SSSR count). The average molecular weight is 268 g/mol. The molecule has 1 aromatic carbocycles. The highest BCUT2D eigenvalue weighted by Crippen LogP contribution is 2.21. The summed E-state index contributed by atoms with van der Waals surface area (Å²) in [6, 6.07) is 11.1. The lowest BCUT2D eigenvalue weighted by atomic mass is 9.98. The molecule has 20 heavy (non-hydrogen) atoms. The standard InChI is InChI=1S/C18H24N2/c1-2-6-16(7-3-1)8-4-12-20-13-5-9-17(15-20)14-19-18-10-11-18/h1-3,6-7,17-19H,5,9-15H2. The van der Waals surface area contributed by atoms with Crippen molar-refractivity contribution in [3.05, 3.63) is 35.9 Å².